The molecule has 1 aliphatic heterocycles. The van der Waals surface area contributed by atoms with Crippen molar-refractivity contribution in [1.82, 2.24) is 14.7 Å². The summed E-state index contributed by atoms with van der Waals surface area (Å²) in [7, 11) is 0. The maximum absolute atomic E-state index is 11.6. The van der Waals surface area contributed by atoms with E-state index in [1.165, 1.54) is 0 Å². The molecule has 0 fully saturated rings. The fourth-order valence-corrected chi connectivity index (χ4v) is 2.76. The molecule has 0 saturated carbocycles. The summed E-state index contributed by atoms with van der Waals surface area (Å²) >= 11 is 0. The first-order chi connectivity index (χ1) is 10.7. The average Bonchev–Trinajstić information content (AvgIpc) is 2.80. The Morgan fingerprint density at radius 1 is 1.27 bits per heavy atom. The summed E-state index contributed by atoms with van der Waals surface area (Å²) in [6.07, 6.45) is 0.941. The minimum absolute atomic E-state index is 0.122. The van der Waals surface area contributed by atoms with E-state index in [0.717, 1.165) is 42.2 Å². The fourth-order valence-electron chi connectivity index (χ4n) is 2.76. The minimum Gasteiger partial charge on any atom is -0.494 e. The second-order valence-electron chi connectivity index (χ2n) is 5.50. The Hall–Kier alpha value is -2.30. The molecule has 5 heteroatoms. The molecule has 116 valence electrons. The molecule has 0 aliphatic carbocycles. The average molecular weight is 299 g/mol. The number of aromatic nitrogens is 2. The van der Waals surface area contributed by atoms with Crippen LogP contribution in [0.1, 0.15) is 26.0 Å². The maximum atomic E-state index is 11.6. The molecular weight excluding hydrogens is 278 g/mol. The van der Waals surface area contributed by atoms with E-state index >= 15 is 0 Å². The molecule has 1 aromatic carbocycles. The number of nitrogens with zero attached hydrogens (tertiary/aromatic N) is 3. The lowest BCUT2D eigenvalue weighted by atomic mass is 10.1. The van der Waals surface area contributed by atoms with Crippen LogP contribution in [-0.2, 0) is 17.9 Å². The first-order valence-electron chi connectivity index (χ1n) is 7.73. The highest BCUT2D eigenvalue weighted by molar-refractivity contribution is 5.73. The standard InChI is InChI=1S/C17H21N3O2/c1-3-22-16-7-5-14(6-8-16)17-11-15-12-19(13(2)21)9-4-10-20(15)18-17/h5-8,11H,3-4,9-10,12H2,1-2H3. The zero-order chi connectivity index (χ0) is 15.5. The van der Waals surface area contributed by atoms with Crippen molar-refractivity contribution in [3.05, 3.63) is 36.0 Å². The number of hydrogen-bond acceptors (Lipinski definition) is 3. The summed E-state index contributed by atoms with van der Waals surface area (Å²) in [6.45, 7) is 6.56. The van der Waals surface area contributed by atoms with E-state index < -0.39 is 0 Å². The number of amides is 1. The smallest absolute Gasteiger partial charge is 0.219 e. The Morgan fingerprint density at radius 2 is 2.05 bits per heavy atom. The lowest BCUT2D eigenvalue weighted by Gasteiger charge is -2.17. The van der Waals surface area contributed by atoms with Crippen LogP contribution >= 0.6 is 0 Å². The third-order valence-electron chi connectivity index (χ3n) is 3.92. The van der Waals surface area contributed by atoms with Gasteiger partial charge in [0.25, 0.3) is 0 Å². The highest BCUT2D eigenvalue weighted by Gasteiger charge is 2.18. The SMILES string of the molecule is CCOc1ccc(-c2cc3n(n2)CCCN(C(C)=O)C3)cc1. The number of fused-ring (bicyclic) bond motifs is 1. The van der Waals surface area contributed by atoms with Gasteiger partial charge in [0.15, 0.2) is 0 Å². The van der Waals surface area contributed by atoms with Gasteiger partial charge in [0, 0.05) is 25.6 Å². The van der Waals surface area contributed by atoms with Crippen molar-refractivity contribution in [3.8, 4) is 17.0 Å². The third-order valence-corrected chi connectivity index (χ3v) is 3.92. The lowest BCUT2D eigenvalue weighted by Crippen LogP contribution is -2.28. The van der Waals surface area contributed by atoms with Gasteiger partial charge in [-0.3, -0.25) is 9.48 Å². The minimum atomic E-state index is 0.122. The maximum Gasteiger partial charge on any atom is 0.219 e. The number of aryl methyl sites for hydroxylation is 1. The number of rotatable bonds is 3. The van der Waals surface area contributed by atoms with Gasteiger partial charge in [0.2, 0.25) is 5.91 Å². The van der Waals surface area contributed by atoms with Gasteiger partial charge in [-0.05, 0) is 43.7 Å². The van der Waals surface area contributed by atoms with Crippen molar-refractivity contribution in [2.45, 2.75) is 33.4 Å². The monoisotopic (exact) mass is 299 g/mol. The van der Waals surface area contributed by atoms with Gasteiger partial charge < -0.3 is 9.64 Å². The van der Waals surface area contributed by atoms with E-state index in [-0.39, 0.29) is 5.91 Å². The van der Waals surface area contributed by atoms with Crippen LogP contribution < -0.4 is 4.74 Å². The Balaban J connectivity index is 1.84. The van der Waals surface area contributed by atoms with E-state index in [1.807, 2.05) is 40.8 Å². The zero-order valence-corrected chi connectivity index (χ0v) is 13.1. The van der Waals surface area contributed by atoms with Gasteiger partial charge in [-0.1, -0.05) is 0 Å². The molecule has 1 aromatic heterocycles. The molecular formula is C17H21N3O2. The summed E-state index contributed by atoms with van der Waals surface area (Å²) < 4.78 is 7.49. The molecule has 2 heterocycles. The van der Waals surface area contributed by atoms with Crippen LogP contribution in [0.15, 0.2) is 30.3 Å². The first-order valence-corrected chi connectivity index (χ1v) is 7.73. The molecule has 1 amide bonds. The Kier molecular flexibility index (Phi) is 4.13. The summed E-state index contributed by atoms with van der Waals surface area (Å²) in [5, 5.41) is 4.69. The molecule has 0 bridgehead atoms. The Bertz CT molecular complexity index is 661. The molecule has 1 aliphatic rings. The molecule has 0 atom stereocenters. The molecule has 22 heavy (non-hydrogen) atoms. The van der Waals surface area contributed by atoms with Crippen LogP contribution in [-0.4, -0.2) is 33.7 Å². The van der Waals surface area contributed by atoms with Gasteiger partial charge in [-0.25, -0.2) is 0 Å². The molecule has 0 saturated heterocycles. The van der Waals surface area contributed by atoms with Crippen molar-refractivity contribution in [3.63, 3.8) is 0 Å². The topological polar surface area (TPSA) is 47.4 Å². The van der Waals surface area contributed by atoms with Crippen LogP contribution in [0.5, 0.6) is 5.75 Å². The number of ether oxygens (including phenoxy) is 1. The van der Waals surface area contributed by atoms with Crippen LogP contribution in [0.2, 0.25) is 0 Å². The number of carbonyl (C=O) groups excluding carboxylic acids is 1. The van der Waals surface area contributed by atoms with Crippen molar-refractivity contribution in [2.75, 3.05) is 13.2 Å². The number of hydrogen-bond donors (Lipinski definition) is 0. The largest absolute Gasteiger partial charge is 0.494 e. The van der Waals surface area contributed by atoms with E-state index in [4.69, 9.17) is 4.74 Å². The predicted molar refractivity (Wildman–Crippen MR) is 84.5 cm³/mol. The van der Waals surface area contributed by atoms with Crippen LogP contribution in [0, 0.1) is 0 Å². The Labute approximate surface area is 130 Å². The molecule has 0 unspecified atom stereocenters. The normalized spacial score (nSPS) is 14.4. The molecule has 5 nitrogen and oxygen atoms in total. The van der Waals surface area contributed by atoms with Gasteiger partial charge in [0.1, 0.15) is 5.75 Å². The molecule has 0 N–H and O–H groups in total. The first kappa shape index (κ1) is 14.6. The fraction of sp³-hybridized carbons (Fsp3) is 0.412. The summed E-state index contributed by atoms with van der Waals surface area (Å²) in [4.78, 5) is 13.5. The van der Waals surface area contributed by atoms with E-state index in [0.29, 0.717) is 13.2 Å². The number of benzene rings is 1. The highest BCUT2D eigenvalue weighted by Crippen LogP contribution is 2.24. The quantitative estimate of drug-likeness (QED) is 0.875. The summed E-state index contributed by atoms with van der Waals surface area (Å²) in [6, 6.07) is 10.1. The van der Waals surface area contributed by atoms with Crippen LogP contribution in [0.4, 0.5) is 0 Å². The Morgan fingerprint density at radius 3 is 2.73 bits per heavy atom. The molecule has 2 aromatic rings. The van der Waals surface area contributed by atoms with E-state index in [9.17, 15) is 4.79 Å². The second-order valence-corrected chi connectivity index (χ2v) is 5.50. The van der Waals surface area contributed by atoms with Crippen molar-refractivity contribution in [1.29, 1.82) is 0 Å². The van der Waals surface area contributed by atoms with Gasteiger partial charge >= 0.3 is 0 Å². The van der Waals surface area contributed by atoms with Gasteiger partial charge in [-0.2, -0.15) is 5.10 Å². The highest BCUT2D eigenvalue weighted by atomic mass is 16.5. The zero-order valence-electron chi connectivity index (χ0n) is 13.1. The second kappa shape index (κ2) is 6.22. The summed E-state index contributed by atoms with van der Waals surface area (Å²) in [5.41, 5.74) is 3.11. The van der Waals surface area contributed by atoms with E-state index in [2.05, 4.69) is 11.2 Å². The van der Waals surface area contributed by atoms with Gasteiger partial charge in [0.05, 0.1) is 24.5 Å². The number of carbonyl (C=O) groups is 1. The van der Waals surface area contributed by atoms with Crippen molar-refractivity contribution in [2.24, 2.45) is 0 Å². The van der Waals surface area contributed by atoms with E-state index in [1.54, 1.807) is 6.92 Å². The molecule has 0 spiro atoms. The third kappa shape index (κ3) is 2.98. The predicted octanol–water partition coefficient (Wildman–Crippen LogP) is 2.70. The van der Waals surface area contributed by atoms with Gasteiger partial charge in [-0.15, -0.1) is 0 Å². The molecule has 3 rings (SSSR count). The van der Waals surface area contributed by atoms with Crippen molar-refractivity contribution < 1.29 is 9.53 Å². The molecule has 0 radical (unpaired) electrons. The van der Waals surface area contributed by atoms with Crippen molar-refractivity contribution >= 4 is 5.91 Å². The van der Waals surface area contributed by atoms with Crippen LogP contribution in [0.3, 0.4) is 0 Å². The summed E-state index contributed by atoms with van der Waals surface area (Å²) in [5.74, 6) is 0.993. The van der Waals surface area contributed by atoms with Crippen LogP contribution in [0.25, 0.3) is 11.3 Å². The lowest BCUT2D eigenvalue weighted by molar-refractivity contribution is -0.129.